The molecule has 0 bridgehead atoms. The summed E-state index contributed by atoms with van der Waals surface area (Å²) in [7, 11) is 1.47. The number of methoxy groups -OCH3 is 1. The molecular weight excluding hydrogens is 258 g/mol. The summed E-state index contributed by atoms with van der Waals surface area (Å²) in [6.45, 7) is 0.506. The van der Waals surface area contributed by atoms with Gasteiger partial charge in [0.2, 0.25) is 5.95 Å². The van der Waals surface area contributed by atoms with E-state index in [0.29, 0.717) is 6.61 Å². The Morgan fingerprint density at radius 2 is 1.85 bits per heavy atom. The van der Waals surface area contributed by atoms with Crippen LogP contribution >= 0.6 is 0 Å². The second-order valence-electron chi connectivity index (χ2n) is 4.01. The van der Waals surface area contributed by atoms with Gasteiger partial charge in [0.25, 0.3) is 0 Å². The Balaban J connectivity index is 1.84. The van der Waals surface area contributed by atoms with E-state index in [1.165, 1.54) is 12.7 Å². The van der Waals surface area contributed by atoms with Gasteiger partial charge in [-0.05, 0) is 18.4 Å². The fraction of sp³-hybridized carbons (Fsp3) is 0.308. The summed E-state index contributed by atoms with van der Waals surface area (Å²) in [6.07, 6.45) is 1.80. The molecule has 20 heavy (non-hydrogen) atoms. The largest absolute Gasteiger partial charge is 0.467 e. The molecule has 0 aliphatic rings. The van der Waals surface area contributed by atoms with Crippen LogP contribution in [0.4, 0.5) is 5.95 Å². The van der Waals surface area contributed by atoms with Gasteiger partial charge in [0.05, 0.1) is 13.7 Å². The molecule has 7 heteroatoms. The van der Waals surface area contributed by atoms with Crippen molar-refractivity contribution in [1.82, 2.24) is 15.0 Å². The molecule has 0 aliphatic heterocycles. The van der Waals surface area contributed by atoms with Crippen LogP contribution in [0.5, 0.6) is 12.0 Å². The summed E-state index contributed by atoms with van der Waals surface area (Å²) in [5, 5.41) is 0. The van der Waals surface area contributed by atoms with Gasteiger partial charge in [0, 0.05) is 0 Å². The molecule has 0 atom stereocenters. The van der Waals surface area contributed by atoms with Gasteiger partial charge in [-0.2, -0.15) is 9.97 Å². The number of aromatic nitrogens is 3. The molecule has 7 nitrogen and oxygen atoms in total. The summed E-state index contributed by atoms with van der Waals surface area (Å²) in [5.74, 6) is 5.46. The number of nitrogens with zero attached hydrogens (tertiary/aromatic N) is 3. The van der Waals surface area contributed by atoms with Crippen LogP contribution in [0.15, 0.2) is 30.3 Å². The minimum Gasteiger partial charge on any atom is -0.467 e. The lowest BCUT2D eigenvalue weighted by atomic mass is 10.1. The number of hydrogen-bond acceptors (Lipinski definition) is 7. The molecule has 0 aliphatic carbocycles. The summed E-state index contributed by atoms with van der Waals surface area (Å²) < 4.78 is 10.4. The molecule has 2 aromatic rings. The first-order valence-corrected chi connectivity index (χ1v) is 6.25. The van der Waals surface area contributed by atoms with Crippen molar-refractivity contribution in [2.75, 3.05) is 19.1 Å². The minimum absolute atomic E-state index is 0.158. The number of ether oxygens (including phenoxy) is 2. The van der Waals surface area contributed by atoms with Crippen LogP contribution in [0.25, 0.3) is 0 Å². The van der Waals surface area contributed by atoms with Crippen molar-refractivity contribution in [2.45, 2.75) is 12.8 Å². The number of nitrogens with two attached hydrogens (primary N) is 1. The maximum absolute atomic E-state index is 5.47. The van der Waals surface area contributed by atoms with E-state index in [4.69, 9.17) is 15.3 Å². The van der Waals surface area contributed by atoms with Crippen LogP contribution < -0.4 is 20.7 Å². The normalized spacial score (nSPS) is 10.1. The molecule has 1 heterocycles. The number of nitrogen functional groups attached to an aromatic ring is 1. The average Bonchev–Trinajstić information content (AvgIpc) is 2.52. The lowest BCUT2D eigenvalue weighted by Crippen LogP contribution is -2.13. The Morgan fingerprint density at radius 3 is 2.55 bits per heavy atom. The number of hydrazine groups is 1. The van der Waals surface area contributed by atoms with Gasteiger partial charge in [0.1, 0.15) is 0 Å². The lowest BCUT2D eigenvalue weighted by Gasteiger charge is -2.07. The fourth-order valence-corrected chi connectivity index (χ4v) is 1.64. The smallest absolute Gasteiger partial charge is 0.324 e. The Hall–Kier alpha value is -2.41. The van der Waals surface area contributed by atoms with Crippen molar-refractivity contribution in [3.05, 3.63) is 35.9 Å². The molecule has 0 unspecified atom stereocenters. The highest BCUT2D eigenvalue weighted by Crippen LogP contribution is 2.12. The van der Waals surface area contributed by atoms with E-state index in [1.54, 1.807) is 0 Å². The Morgan fingerprint density at radius 1 is 1.10 bits per heavy atom. The highest BCUT2D eigenvalue weighted by atomic mass is 16.5. The first-order valence-electron chi connectivity index (χ1n) is 6.25. The van der Waals surface area contributed by atoms with Gasteiger partial charge < -0.3 is 9.47 Å². The van der Waals surface area contributed by atoms with Crippen LogP contribution in [0.2, 0.25) is 0 Å². The molecule has 0 fully saturated rings. The van der Waals surface area contributed by atoms with Crippen LogP contribution in [0.1, 0.15) is 12.0 Å². The van der Waals surface area contributed by atoms with Gasteiger partial charge in [-0.3, -0.25) is 5.43 Å². The van der Waals surface area contributed by atoms with E-state index in [2.05, 4.69) is 32.5 Å². The van der Waals surface area contributed by atoms with Crippen molar-refractivity contribution in [3.8, 4) is 12.0 Å². The number of nitrogens with one attached hydrogen (secondary N) is 1. The third-order valence-corrected chi connectivity index (χ3v) is 2.59. The molecule has 0 spiro atoms. The first kappa shape index (κ1) is 14.0. The quantitative estimate of drug-likeness (QED) is 0.445. The lowest BCUT2D eigenvalue weighted by molar-refractivity contribution is 0.276. The van der Waals surface area contributed by atoms with Crippen molar-refractivity contribution in [1.29, 1.82) is 0 Å². The fourth-order valence-electron chi connectivity index (χ4n) is 1.64. The second-order valence-corrected chi connectivity index (χ2v) is 4.01. The monoisotopic (exact) mass is 275 g/mol. The van der Waals surface area contributed by atoms with Crippen molar-refractivity contribution >= 4 is 5.95 Å². The second kappa shape index (κ2) is 7.25. The standard InChI is InChI=1S/C13H17N5O2/c1-19-12-15-11(18-14)16-13(17-12)20-9-5-8-10-6-3-2-4-7-10/h2-4,6-7H,5,8-9,14H2,1H3,(H,15,16,17,18). The maximum atomic E-state index is 5.47. The van der Waals surface area contributed by atoms with Gasteiger partial charge in [-0.25, -0.2) is 5.84 Å². The van der Waals surface area contributed by atoms with E-state index in [0.717, 1.165) is 12.8 Å². The van der Waals surface area contributed by atoms with Crippen molar-refractivity contribution < 1.29 is 9.47 Å². The molecule has 2 rings (SSSR count). The summed E-state index contributed by atoms with van der Waals surface area (Å²) in [5.41, 5.74) is 3.61. The zero-order chi connectivity index (χ0) is 14.2. The number of anilines is 1. The predicted molar refractivity (Wildman–Crippen MR) is 74.4 cm³/mol. The molecule has 1 aromatic carbocycles. The number of rotatable bonds is 7. The molecule has 0 saturated carbocycles. The SMILES string of the molecule is COc1nc(NN)nc(OCCCc2ccccc2)n1. The topological polar surface area (TPSA) is 95.2 Å². The van der Waals surface area contributed by atoms with Crippen molar-refractivity contribution in [3.63, 3.8) is 0 Å². The third kappa shape index (κ3) is 4.06. The average molecular weight is 275 g/mol. The van der Waals surface area contributed by atoms with Gasteiger partial charge in [-0.1, -0.05) is 30.3 Å². The van der Waals surface area contributed by atoms with E-state index in [1.807, 2.05) is 18.2 Å². The van der Waals surface area contributed by atoms with Gasteiger partial charge in [-0.15, -0.1) is 4.98 Å². The number of benzene rings is 1. The van der Waals surface area contributed by atoms with E-state index < -0.39 is 0 Å². The summed E-state index contributed by atoms with van der Waals surface area (Å²) in [4.78, 5) is 11.9. The Kier molecular flexibility index (Phi) is 5.08. The Labute approximate surface area is 117 Å². The third-order valence-electron chi connectivity index (χ3n) is 2.59. The van der Waals surface area contributed by atoms with Crippen LogP contribution in [0, 0.1) is 0 Å². The maximum Gasteiger partial charge on any atom is 0.324 e. The molecular formula is C13H17N5O2. The molecule has 1 aromatic heterocycles. The van der Waals surface area contributed by atoms with E-state index in [9.17, 15) is 0 Å². The summed E-state index contributed by atoms with van der Waals surface area (Å²) in [6, 6.07) is 10.6. The zero-order valence-corrected chi connectivity index (χ0v) is 11.2. The van der Waals surface area contributed by atoms with Crippen LogP contribution in [0.3, 0.4) is 0 Å². The highest BCUT2D eigenvalue weighted by molar-refractivity contribution is 5.25. The molecule has 0 amide bonds. The number of hydrogen-bond donors (Lipinski definition) is 2. The van der Waals surface area contributed by atoms with Crippen LogP contribution in [-0.2, 0) is 6.42 Å². The van der Waals surface area contributed by atoms with Crippen LogP contribution in [-0.4, -0.2) is 28.7 Å². The minimum atomic E-state index is 0.158. The van der Waals surface area contributed by atoms with Gasteiger partial charge >= 0.3 is 12.0 Å². The molecule has 106 valence electrons. The predicted octanol–water partition coefficient (Wildman–Crippen LogP) is 1.18. The van der Waals surface area contributed by atoms with Crippen molar-refractivity contribution in [2.24, 2.45) is 5.84 Å². The number of aryl methyl sites for hydroxylation is 1. The molecule has 0 saturated heterocycles. The first-order chi connectivity index (χ1) is 9.81. The van der Waals surface area contributed by atoms with E-state index >= 15 is 0 Å². The summed E-state index contributed by atoms with van der Waals surface area (Å²) >= 11 is 0. The molecule has 3 N–H and O–H groups in total. The van der Waals surface area contributed by atoms with Gasteiger partial charge in [0.15, 0.2) is 0 Å². The Bertz CT molecular complexity index is 513. The van der Waals surface area contributed by atoms with E-state index in [-0.39, 0.29) is 18.0 Å². The zero-order valence-electron chi connectivity index (χ0n) is 11.2. The molecule has 0 radical (unpaired) electrons. The highest BCUT2D eigenvalue weighted by Gasteiger charge is 2.06.